The molecule has 2 nitrogen and oxygen atoms in total. The zero-order valence-electron chi connectivity index (χ0n) is 5.86. The molecule has 0 radical (unpaired) electrons. The number of hydrogen-bond donors (Lipinski definition) is 2. The average Bonchev–Trinajstić information content (AvgIpc) is 2.32. The molecule has 0 atom stereocenters. The number of thiol groups is 1. The van der Waals surface area contributed by atoms with Gasteiger partial charge in [0.15, 0.2) is 0 Å². The Hall–Kier alpha value is -1.09. The van der Waals surface area contributed by atoms with Crippen molar-refractivity contribution in [3.05, 3.63) is 30.5 Å². The molecule has 0 bridgehead atoms. The van der Waals surface area contributed by atoms with Gasteiger partial charge in [-0.2, -0.15) is 0 Å². The van der Waals surface area contributed by atoms with E-state index in [1.807, 2.05) is 30.5 Å². The van der Waals surface area contributed by atoms with Crippen molar-refractivity contribution in [2.45, 2.75) is 0 Å². The fraction of sp³-hybridized carbons (Fsp3) is 0. The lowest BCUT2D eigenvalue weighted by atomic mass is 10.2. The van der Waals surface area contributed by atoms with Crippen molar-refractivity contribution in [2.75, 3.05) is 5.73 Å². The van der Waals surface area contributed by atoms with Crippen molar-refractivity contribution in [2.24, 2.45) is 0 Å². The molecule has 2 rings (SSSR count). The molecule has 0 fully saturated rings. The van der Waals surface area contributed by atoms with Crippen LogP contribution in [-0.2, 0) is 0 Å². The van der Waals surface area contributed by atoms with Gasteiger partial charge >= 0.3 is 0 Å². The van der Waals surface area contributed by atoms with Gasteiger partial charge in [0.1, 0.15) is 0 Å². The molecule has 56 valence electrons. The van der Waals surface area contributed by atoms with Crippen LogP contribution >= 0.6 is 12.8 Å². The van der Waals surface area contributed by atoms with E-state index in [4.69, 9.17) is 5.73 Å². The Morgan fingerprint density at radius 1 is 1.27 bits per heavy atom. The lowest BCUT2D eigenvalue weighted by Gasteiger charge is -1.94. The summed E-state index contributed by atoms with van der Waals surface area (Å²) in [5, 5.41) is 1.13. The predicted octanol–water partition coefficient (Wildman–Crippen LogP) is 1.92. The Labute approximate surface area is 70.2 Å². The number of rotatable bonds is 0. The van der Waals surface area contributed by atoms with Crippen LogP contribution in [0.2, 0.25) is 0 Å². The summed E-state index contributed by atoms with van der Waals surface area (Å²) < 4.78 is 1.77. The van der Waals surface area contributed by atoms with E-state index in [9.17, 15) is 0 Å². The third-order valence-electron chi connectivity index (χ3n) is 1.69. The van der Waals surface area contributed by atoms with Crippen molar-refractivity contribution in [3.63, 3.8) is 0 Å². The molecule has 0 aliphatic heterocycles. The van der Waals surface area contributed by atoms with E-state index in [2.05, 4.69) is 12.8 Å². The van der Waals surface area contributed by atoms with Crippen molar-refractivity contribution in [3.8, 4) is 0 Å². The second-order valence-electron chi connectivity index (χ2n) is 2.48. The highest BCUT2D eigenvalue weighted by atomic mass is 32.1. The van der Waals surface area contributed by atoms with Gasteiger partial charge in [-0.15, -0.1) is 0 Å². The van der Waals surface area contributed by atoms with Crippen LogP contribution in [0.3, 0.4) is 0 Å². The second-order valence-corrected chi connectivity index (χ2v) is 2.91. The fourth-order valence-corrected chi connectivity index (χ4v) is 1.40. The van der Waals surface area contributed by atoms with Crippen molar-refractivity contribution < 1.29 is 0 Å². The Morgan fingerprint density at radius 3 is 2.91 bits per heavy atom. The summed E-state index contributed by atoms with van der Waals surface area (Å²) in [6.45, 7) is 0. The molecule has 0 saturated carbocycles. The summed E-state index contributed by atoms with van der Waals surface area (Å²) in [6, 6.07) is 7.74. The first-order valence-electron chi connectivity index (χ1n) is 3.33. The lowest BCUT2D eigenvalue weighted by molar-refractivity contribution is 1.37. The summed E-state index contributed by atoms with van der Waals surface area (Å²) in [7, 11) is 0. The van der Waals surface area contributed by atoms with E-state index in [1.165, 1.54) is 0 Å². The molecule has 0 spiro atoms. The SMILES string of the molecule is Nc1ccc2c(ccn2S)c1. The fourth-order valence-electron chi connectivity index (χ4n) is 1.15. The summed E-state index contributed by atoms with van der Waals surface area (Å²) in [5.41, 5.74) is 7.47. The van der Waals surface area contributed by atoms with Gasteiger partial charge in [0.05, 0.1) is 5.52 Å². The Bertz CT molecular complexity index is 392. The third kappa shape index (κ3) is 0.973. The maximum absolute atomic E-state index is 5.60. The third-order valence-corrected chi connectivity index (χ3v) is 2.04. The van der Waals surface area contributed by atoms with E-state index in [-0.39, 0.29) is 0 Å². The topological polar surface area (TPSA) is 30.9 Å². The highest BCUT2D eigenvalue weighted by Crippen LogP contribution is 2.18. The van der Waals surface area contributed by atoms with Crippen LogP contribution in [0.1, 0.15) is 0 Å². The second kappa shape index (κ2) is 2.20. The number of aromatic nitrogens is 1. The average molecular weight is 164 g/mol. The molecule has 1 aromatic heterocycles. The minimum absolute atomic E-state index is 0.789. The Morgan fingerprint density at radius 2 is 2.09 bits per heavy atom. The quantitative estimate of drug-likeness (QED) is 0.452. The van der Waals surface area contributed by atoms with Gasteiger partial charge in [-0.05, 0) is 24.3 Å². The van der Waals surface area contributed by atoms with Gasteiger partial charge in [0, 0.05) is 17.3 Å². The number of nitrogens with zero attached hydrogens (tertiary/aromatic N) is 1. The first-order chi connectivity index (χ1) is 5.27. The number of fused-ring (bicyclic) bond motifs is 1. The highest BCUT2D eigenvalue weighted by Gasteiger charge is 1.96. The smallest absolute Gasteiger partial charge is 0.0590 e. The van der Waals surface area contributed by atoms with Gasteiger partial charge < -0.3 is 5.73 Å². The molecule has 2 aromatic rings. The minimum atomic E-state index is 0.789. The molecule has 0 unspecified atom stereocenters. The molecular formula is C8H8N2S. The molecule has 3 heteroatoms. The molecule has 0 saturated heterocycles. The molecule has 1 heterocycles. The van der Waals surface area contributed by atoms with Crippen LogP contribution < -0.4 is 5.73 Å². The number of nitrogens with two attached hydrogens (primary N) is 1. The molecule has 11 heavy (non-hydrogen) atoms. The molecule has 2 N–H and O–H groups in total. The van der Waals surface area contributed by atoms with Crippen LogP contribution in [0, 0.1) is 0 Å². The van der Waals surface area contributed by atoms with E-state index in [0.29, 0.717) is 0 Å². The minimum Gasteiger partial charge on any atom is -0.399 e. The summed E-state index contributed by atoms with van der Waals surface area (Å²) in [5.74, 6) is 0. The molecule has 0 aliphatic rings. The van der Waals surface area contributed by atoms with Crippen molar-refractivity contribution in [1.29, 1.82) is 0 Å². The number of benzene rings is 1. The van der Waals surface area contributed by atoms with Crippen molar-refractivity contribution in [1.82, 2.24) is 3.97 Å². The molecular weight excluding hydrogens is 156 g/mol. The molecule has 0 aliphatic carbocycles. The van der Waals surface area contributed by atoms with Gasteiger partial charge in [-0.25, -0.2) is 0 Å². The van der Waals surface area contributed by atoms with E-state index in [1.54, 1.807) is 3.97 Å². The van der Waals surface area contributed by atoms with Crippen LogP contribution in [0.25, 0.3) is 10.9 Å². The van der Waals surface area contributed by atoms with E-state index >= 15 is 0 Å². The van der Waals surface area contributed by atoms with Crippen LogP contribution in [0.15, 0.2) is 30.5 Å². The highest BCUT2D eigenvalue weighted by molar-refractivity contribution is 7.78. The zero-order chi connectivity index (χ0) is 7.84. The van der Waals surface area contributed by atoms with Crippen LogP contribution in [-0.4, -0.2) is 3.97 Å². The largest absolute Gasteiger partial charge is 0.399 e. The number of anilines is 1. The Kier molecular flexibility index (Phi) is 1.32. The van der Waals surface area contributed by atoms with Crippen molar-refractivity contribution >= 4 is 29.4 Å². The van der Waals surface area contributed by atoms with Crippen LogP contribution in [0.5, 0.6) is 0 Å². The zero-order valence-corrected chi connectivity index (χ0v) is 6.75. The first kappa shape index (κ1) is 6.61. The maximum Gasteiger partial charge on any atom is 0.0590 e. The molecule has 1 aromatic carbocycles. The maximum atomic E-state index is 5.60. The van der Waals surface area contributed by atoms with Gasteiger partial charge in [0.2, 0.25) is 0 Å². The first-order valence-corrected chi connectivity index (χ1v) is 3.73. The lowest BCUT2D eigenvalue weighted by Crippen LogP contribution is -1.83. The summed E-state index contributed by atoms with van der Waals surface area (Å²) in [4.78, 5) is 0. The number of hydrogen-bond acceptors (Lipinski definition) is 2. The normalized spacial score (nSPS) is 10.6. The monoisotopic (exact) mass is 164 g/mol. The summed E-state index contributed by atoms with van der Waals surface area (Å²) in [6.07, 6.45) is 1.90. The van der Waals surface area contributed by atoms with Gasteiger partial charge in [0.25, 0.3) is 0 Å². The number of nitrogen functional groups attached to an aromatic ring is 1. The standard InChI is InChI=1S/C8H8N2S/c9-7-1-2-8-6(5-7)3-4-10(8)11/h1-5,11H,9H2. The Balaban J connectivity index is 2.86. The van der Waals surface area contributed by atoms with Crippen LogP contribution in [0.4, 0.5) is 5.69 Å². The predicted molar refractivity (Wildman–Crippen MR) is 50.7 cm³/mol. The van der Waals surface area contributed by atoms with E-state index in [0.717, 1.165) is 16.6 Å². The van der Waals surface area contributed by atoms with E-state index < -0.39 is 0 Å². The van der Waals surface area contributed by atoms with Gasteiger partial charge in [-0.1, -0.05) is 12.8 Å². The summed E-state index contributed by atoms with van der Waals surface area (Å²) >= 11 is 4.21. The van der Waals surface area contributed by atoms with Gasteiger partial charge in [-0.3, -0.25) is 3.97 Å². The molecule has 0 amide bonds.